The van der Waals surface area contributed by atoms with Crippen LogP contribution in [0.3, 0.4) is 0 Å². The van der Waals surface area contributed by atoms with Crippen LogP contribution in [0.5, 0.6) is 0 Å². The molecule has 41 heavy (non-hydrogen) atoms. The second-order valence-corrected chi connectivity index (χ2v) is 15.6. The van der Waals surface area contributed by atoms with E-state index in [0.717, 1.165) is 24.0 Å². The molecular weight excluding hydrogens is 518 g/mol. The van der Waals surface area contributed by atoms with Crippen molar-refractivity contribution in [2.75, 3.05) is 0 Å². The molecule has 0 N–H and O–H groups in total. The molecule has 6 aromatic rings. The van der Waals surface area contributed by atoms with E-state index in [2.05, 4.69) is 122 Å². The van der Waals surface area contributed by atoms with E-state index in [0.29, 0.717) is 0 Å². The van der Waals surface area contributed by atoms with Gasteiger partial charge in [-0.1, -0.05) is 89.7 Å². The first-order valence-corrected chi connectivity index (χ1v) is 15.7. The lowest BCUT2D eigenvalue weighted by molar-refractivity contribution is -0.659. The summed E-state index contributed by atoms with van der Waals surface area (Å²) in [6.07, 6.45) is 4.26. The van der Waals surface area contributed by atoms with Gasteiger partial charge in [0.25, 0.3) is 0 Å². The number of hydrogen-bond acceptors (Lipinski definition) is 2. The largest absolute Gasteiger partial charge is 0.456 e. The van der Waals surface area contributed by atoms with Crippen LogP contribution < -0.4 is 4.57 Å². The molecule has 0 bridgehead atoms. The van der Waals surface area contributed by atoms with E-state index in [4.69, 9.17) is 4.42 Å². The Morgan fingerprint density at radius 1 is 0.780 bits per heavy atom. The summed E-state index contributed by atoms with van der Waals surface area (Å²) in [5.41, 5.74) is 10.6. The van der Waals surface area contributed by atoms with Gasteiger partial charge in [-0.25, -0.2) is 4.57 Å². The highest BCUT2D eigenvalue weighted by Crippen LogP contribution is 2.54. The Morgan fingerprint density at radius 2 is 1.49 bits per heavy atom. The number of benzene rings is 4. The van der Waals surface area contributed by atoms with E-state index in [1.165, 1.54) is 75.6 Å². The highest BCUT2D eigenvalue weighted by Gasteiger charge is 2.34. The van der Waals surface area contributed by atoms with E-state index in [9.17, 15) is 0 Å². The summed E-state index contributed by atoms with van der Waals surface area (Å²) in [7, 11) is 2.21. The van der Waals surface area contributed by atoms with E-state index < -0.39 is 0 Å². The summed E-state index contributed by atoms with van der Waals surface area (Å²) in [6, 6.07) is 18.1. The molecule has 0 aliphatic carbocycles. The molecule has 7 rings (SSSR count). The zero-order chi connectivity index (χ0) is 29.0. The standard InChI is InChI=1S/C38H40NOS/c1-21-12-10-14-24-22(2)31-34-33-25(16-17-39(34)9)32-26-15-11-13-23(19-37(3,4)5)35(26)40-28(32)18-29(33)41-36(31)27(30(21)24)20-38(6,7)8/h10-18H,19-20H2,1-9H3/q+1. The van der Waals surface area contributed by atoms with E-state index in [-0.39, 0.29) is 10.8 Å². The Morgan fingerprint density at radius 3 is 2.22 bits per heavy atom. The lowest BCUT2D eigenvalue weighted by atomic mass is 9.82. The third-order valence-corrected chi connectivity index (χ3v) is 9.85. The number of pyridine rings is 1. The van der Waals surface area contributed by atoms with Crippen LogP contribution in [0, 0.1) is 24.7 Å². The maximum Gasteiger partial charge on any atom is 0.222 e. The van der Waals surface area contributed by atoms with Crippen molar-refractivity contribution in [1.82, 2.24) is 0 Å². The normalized spacial score (nSPS) is 13.6. The zero-order valence-electron chi connectivity index (χ0n) is 25.9. The van der Waals surface area contributed by atoms with Gasteiger partial charge in [-0.15, -0.1) is 0 Å². The Kier molecular flexibility index (Phi) is 5.74. The molecule has 3 heterocycles. The first-order chi connectivity index (χ1) is 19.3. The molecule has 1 aliphatic rings. The minimum atomic E-state index is 0.166. The van der Waals surface area contributed by atoms with Crippen molar-refractivity contribution in [3.63, 3.8) is 0 Å². The first-order valence-electron chi connectivity index (χ1n) is 14.8. The molecule has 0 spiro atoms. The molecular formula is C38H40NOS+. The van der Waals surface area contributed by atoms with E-state index in [1.807, 2.05) is 11.8 Å². The van der Waals surface area contributed by atoms with Crippen molar-refractivity contribution in [3.05, 3.63) is 77.0 Å². The van der Waals surface area contributed by atoms with Gasteiger partial charge in [0.05, 0.1) is 10.9 Å². The smallest absolute Gasteiger partial charge is 0.222 e. The quantitative estimate of drug-likeness (QED) is 0.196. The topological polar surface area (TPSA) is 17.0 Å². The number of para-hydroxylation sites is 1. The Labute approximate surface area is 247 Å². The van der Waals surface area contributed by atoms with Crippen molar-refractivity contribution in [3.8, 4) is 11.3 Å². The van der Waals surface area contributed by atoms with E-state index >= 15 is 0 Å². The van der Waals surface area contributed by atoms with Gasteiger partial charge in [-0.2, -0.15) is 0 Å². The second-order valence-electron chi connectivity index (χ2n) is 14.6. The summed E-state index contributed by atoms with van der Waals surface area (Å²) in [5.74, 6) is 0. The van der Waals surface area contributed by atoms with Gasteiger partial charge in [-0.05, 0) is 76.6 Å². The fourth-order valence-corrected chi connectivity index (χ4v) is 8.47. The van der Waals surface area contributed by atoms with Crippen molar-refractivity contribution < 1.29 is 8.98 Å². The van der Waals surface area contributed by atoms with Gasteiger partial charge in [-0.3, -0.25) is 0 Å². The van der Waals surface area contributed by atoms with E-state index in [1.54, 1.807) is 0 Å². The maximum absolute atomic E-state index is 6.77. The molecule has 1 aliphatic heterocycles. The summed E-state index contributed by atoms with van der Waals surface area (Å²) in [5, 5.41) is 7.91. The summed E-state index contributed by atoms with van der Waals surface area (Å²) < 4.78 is 9.11. The highest BCUT2D eigenvalue weighted by molar-refractivity contribution is 8.00. The highest BCUT2D eigenvalue weighted by atomic mass is 32.2. The van der Waals surface area contributed by atoms with Crippen molar-refractivity contribution in [2.24, 2.45) is 17.9 Å². The molecule has 0 atom stereocenters. The molecule has 3 heteroatoms. The van der Waals surface area contributed by atoms with Crippen LogP contribution in [0.15, 0.2) is 68.9 Å². The minimum Gasteiger partial charge on any atom is -0.456 e. The fraction of sp³-hybridized carbons (Fsp3) is 0.342. The number of hydrogen-bond donors (Lipinski definition) is 0. The molecule has 0 unspecified atom stereocenters. The average Bonchev–Trinajstić information content (AvgIpc) is 3.25. The van der Waals surface area contributed by atoms with Crippen LogP contribution >= 0.6 is 11.8 Å². The van der Waals surface area contributed by atoms with Crippen LogP contribution in [0.4, 0.5) is 0 Å². The number of furan rings is 1. The third-order valence-electron chi connectivity index (χ3n) is 8.66. The Hall–Kier alpha value is -3.30. The van der Waals surface area contributed by atoms with Gasteiger partial charge in [0.15, 0.2) is 6.20 Å². The third kappa shape index (κ3) is 4.11. The molecule has 0 radical (unpaired) electrons. The average molecular weight is 559 g/mol. The molecule has 0 fully saturated rings. The second kappa shape index (κ2) is 8.85. The Balaban J connectivity index is 1.62. The van der Waals surface area contributed by atoms with Crippen molar-refractivity contribution in [2.45, 2.75) is 78.0 Å². The van der Waals surface area contributed by atoms with Crippen LogP contribution in [0.1, 0.15) is 63.8 Å². The van der Waals surface area contributed by atoms with Crippen molar-refractivity contribution in [1.29, 1.82) is 0 Å². The number of rotatable bonds is 2. The molecule has 2 nitrogen and oxygen atoms in total. The molecule has 4 aromatic carbocycles. The SMILES string of the molecule is Cc1c2c(c(CC(C)(C)C)c3c(C)cccc13)Sc1cc3oc4c(CC(C)(C)C)cccc4c3c3cc[n+](C)c-2c13. The minimum absolute atomic E-state index is 0.166. The van der Waals surface area contributed by atoms with Crippen LogP contribution in [0.2, 0.25) is 0 Å². The number of aromatic nitrogens is 1. The lowest BCUT2D eigenvalue weighted by Crippen LogP contribution is -2.32. The maximum atomic E-state index is 6.77. The molecule has 2 aromatic heterocycles. The van der Waals surface area contributed by atoms with Crippen LogP contribution in [0.25, 0.3) is 54.7 Å². The van der Waals surface area contributed by atoms with Gasteiger partial charge < -0.3 is 4.42 Å². The van der Waals surface area contributed by atoms with Crippen LogP contribution in [-0.4, -0.2) is 0 Å². The molecule has 0 saturated carbocycles. The number of aryl methyl sites for hydroxylation is 3. The predicted octanol–water partition coefficient (Wildman–Crippen LogP) is 10.6. The van der Waals surface area contributed by atoms with Crippen LogP contribution in [-0.2, 0) is 19.9 Å². The predicted molar refractivity (Wildman–Crippen MR) is 175 cm³/mol. The lowest BCUT2D eigenvalue weighted by Gasteiger charge is -2.28. The summed E-state index contributed by atoms with van der Waals surface area (Å²) in [6.45, 7) is 18.6. The monoisotopic (exact) mass is 558 g/mol. The molecule has 0 saturated heterocycles. The fourth-order valence-electron chi connectivity index (χ4n) is 7.12. The van der Waals surface area contributed by atoms with Crippen molar-refractivity contribution >= 4 is 55.2 Å². The van der Waals surface area contributed by atoms with Gasteiger partial charge in [0.2, 0.25) is 5.69 Å². The molecule has 0 amide bonds. The number of nitrogens with zero attached hydrogens (tertiary/aromatic N) is 1. The number of fused-ring (bicyclic) bond motifs is 7. The summed E-state index contributed by atoms with van der Waals surface area (Å²) in [4.78, 5) is 2.71. The Bertz CT molecular complexity index is 2060. The first kappa shape index (κ1) is 26.6. The summed E-state index contributed by atoms with van der Waals surface area (Å²) >= 11 is 1.95. The zero-order valence-corrected chi connectivity index (χ0v) is 26.7. The van der Waals surface area contributed by atoms with Gasteiger partial charge in [0.1, 0.15) is 18.2 Å². The van der Waals surface area contributed by atoms with Gasteiger partial charge >= 0.3 is 0 Å². The van der Waals surface area contributed by atoms with Gasteiger partial charge in [0, 0.05) is 32.0 Å². The molecule has 208 valence electrons.